The number of hydrogen-bond acceptors (Lipinski definition) is 2. The second-order valence-electron chi connectivity index (χ2n) is 4.43. The average Bonchev–Trinajstić information content (AvgIpc) is 2.43. The van der Waals surface area contributed by atoms with Crippen LogP contribution in [0.3, 0.4) is 0 Å². The number of hydrogen-bond donors (Lipinski definition) is 0. The van der Waals surface area contributed by atoms with Crippen molar-refractivity contribution in [2.75, 3.05) is 6.54 Å². The standard InChI is InChI=1S/C11H19N3/c1-8(2)14-6-5-10-11(7-14)13(4)9(3)12-10/h8H,5-7H2,1-4H3. The van der Waals surface area contributed by atoms with Crippen molar-refractivity contribution >= 4 is 0 Å². The largest absolute Gasteiger partial charge is 0.334 e. The van der Waals surface area contributed by atoms with Crippen molar-refractivity contribution in [3.63, 3.8) is 0 Å². The van der Waals surface area contributed by atoms with Gasteiger partial charge in [0.05, 0.1) is 11.4 Å². The Balaban J connectivity index is 2.29. The van der Waals surface area contributed by atoms with Crippen LogP contribution in [0.15, 0.2) is 0 Å². The summed E-state index contributed by atoms with van der Waals surface area (Å²) < 4.78 is 2.23. The molecule has 3 heteroatoms. The smallest absolute Gasteiger partial charge is 0.105 e. The predicted molar refractivity (Wildman–Crippen MR) is 57.2 cm³/mol. The SMILES string of the molecule is Cc1nc2c(n1C)CN(C(C)C)CC2. The van der Waals surface area contributed by atoms with Gasteiger partial charge in [0.25, 0.3) is 0 Å². The maximum Gasteiger partial charge on any atom is 0.105 e. The van der Waals surface area contributed by atoms with Gasteiger partial charge >= 0.3 is 0 Å². The Hall–Kier alpha value is -0.830. The van der Waals surface area contributed by atoms with E-state index in [1.807, 2.05) is 0 Å². The fourth-order valence-electron chi connectivity index (χ4n) is 2.08. The van der Waals surface area contributed by atoms with Gasteiger partial charge in [-0.1, -0.05) is 0 Å². The zero-order chi connectivity index (χ0) is 10.3. The van der Waals surface area contributed by atoms with Gasteiger partial charge in [-0.3, -0.25) is 4.90 Å². The van der Waals surface area contributed by atoms with Crippen molar-refractivity contribution < 1.29 is 0 Å². The van der Waals surface area contributed by atoms with Crippen LogP contribution in [0, 0.1) is 6.92 Å². The first-order valence-electron chi connectivity index (χ1n) is 5.34. The van der Waals surface area contributed by atoms with Gasteiger partial charge < -0.3 is 4.57 Å². The molecule has 14 heavy (non-hydrogen) atoms. The van der Waals surface area contributed by atoms with Gasteiger partial charge in [-0.05, 0) is 20.8 Å². The molecule has 0 radical (unpaired) electrons. The monoisotopic (exact) mass is 193 g/mol. The van der Waals surface area contributed by atoms with E-state index in [4.69, 9.17) is 0 Å². The maximum atomic E-state index is 4.58. The lowest BCUT2D eigenvalue weighted by molar-refractivity contribution is 0.197. The molecule has 3 nitrogen and oxygen atoms in total. The van der Waals surface area contributed by atoms with E-state index in [2.05, 4.69) is 42.3 Å². The zero-order valence-corrected chi connectivity index (χ0v) is 9.54. The van der Waals surface area contributed by atoms with Crippen LogP contribution in [-0.2, 0) is 20.0 Å². The first kappa shape index (κ1) is 9.71. The normalized spacial score (nSPS) is 17.5. The summed E-state index contributed by atoms with van der Waals surface area (Å²) in [6.45, 7) is 8.81. The summed E-state index contributed by atoms with van der Waals surface area (Å²) in [6.07, 6.45) is 1.11. The summed E-state index contributed by atoms with van der Waals surface area (Å²) in [5.41, 5.74) is 2.71. The van der Waals surface area contributed by atoms with Gasteiger partial charge in [0, 0.05) is 32.6 Å². The van der Waals surface area contributed by atoms with Crippen LogP contribution < -0.4 is 0 Å². The third-order valence-corrected chi connectivity index (χ3v) is 3.24. The molecule has 2 rings (SSSR count). The summed E-state index contributed by atoms with van der Waals surface area (Å²) in [5.74, 6) is 1.14. The molecule has 0 fully saturated rings. The lowest BCUT2D eigenvalue weighted by Gasteiger charge is -2.30. The van der Waals surface area contributed by atoms with E-state index in [9.17, 15) is 0 Å². The van der Waals surface area contributed by atoms with E-state index in [0.717, 1.165) is 25.3 Å². The fourth-order valence-corrected chi connectivity index (χ4v) is 2.08. The van der Waals surface area contributed by atoms with Crippen LogP contribution in [-0.4, -0.2) is 27.0 Å². The quantitative estimate of drug-likeness (QED) is 0.674. The molecule has 0 aromatic carbocycles. The van der Waals surface area contributed by atoms with E-state index in [1.54, 1.807) is 0 Å². The highest BCUT2D eigenvalue weighted by Crippen LogP contribution is 2.20. The van der Waals surface area contributed by atoms with Crippen LogP contribution >= 0.6 is 0 Å². The average molecular weight is 193 g/mol. The summed E-state index contributed by atoms with van der Waals surface area (Å²) in [7, 11) is 2.12. The molecule has 0 aliphatic carbocycles. The first-order valence-corrected chi connectivity index (χ1v) is 5.34. The molecular formula is C11H19N3. The minimum Gasteiger partial charge on any atom is -0.334 e. The number of aryl methyl sites for hydroxylation is 1. The topological polar surface area (TPSA) is 21.1 Å². The van der Waals surface area contributed by atoms with Gasteiger partial charge in [-0.2, -0.15) is 0 Å². The van der Waals surface area contributed by atoms with Crippen molar-refractivity contribution in [3.05, 3.63) is 17.2 Å². The van der Waals surface area contributed by atoms with Crippen LogP contribution in [0.4, 0.5) is 0 Å². The lowest BCUT2D eigenvalue weighted by Crippen LogP contribution is -2.36. The molecular weight excluding hydrogens is 174 g/mol. The summed E-state index contributed by atoms with van der Waals surface area (Å²) in [5, 5.41) is 0. The zero-order valence-electron chi connectivity index (χ0n) is 9.54. The van der Waals surface area contributed by atoms with E-state index in [-0.39, 0.29) is 0 Å². The summed E-state index contributed by atoms with van der Waals surface area (Å²) in [6, 6.07) is 0.637. The Morgan fingerprint density at radius 2 is 2.07 bits per heavy atom. The number of nitrogens with zero attached hydrogens (tertiary/aromatic N) is 3. The molecule has 0 saturated heterocycles. The van der Waals surface area contributed by atoms with E-state index in [1.165, 1.54) is 11.4 Å². The van der Waals surface area contributed by atoms with Crippen LogP contribution in [0.2, 0.25) is 0 Å². The Labute approximate surface area is 85.7 Å². The maximum absolute atomic E-state index is 4.58. The summed E-state index contributed by atoms with van der Waals surface area (Å²) in [4.78, 5) is 7.08. The van der Waals surface area contributed by atoms with Crippen LogP contribution in [0.1, 0.15) is 31.1 Å². The molecule has 0 atom stereocenters. The molecule has 1 aromatic rings. The van der Waals surface area contributed by atoms with E-state index in [0.29, 0.717) is 6.04 Å². The van der Waals surface area contributed by atoms with Gasteiger partial charge in [-0.15, -0.1) is 0 Å². The van der Waals surface area contributed by atoms with Gasteiger partial charge in [0.2, 0.25) is 0 Å². The highest BCUT2D eigenvalue weighted by atomic mass is 15.2. The molecule has 0 unspecified atom stereocenters. The minimum absolute atomic E-state index is 0.637. The molecule has 0 spiro atoms. The fraction of sp³-hybridized carbons (Fsp3) is 0.727. The number of imidazole rings is 1. The molecule has 78 valence electrons. The van der Waals surface area contributed by atoms with Crippen molar-refractivity contribution in [3.8, 4) is 0 Å². The van der Waals surface area contributed by atoms with Crippen molar-refractivity contribution in [2.24, 2.45) is 7.05 Å². The lowest BCUT2D eigenvalue weighted by atomic mass is 10.1. The molecule has 0 bridgehead atoms. The molecule has 0 amide bonds. The Kier molecular flexibility index (Phi) is 2.35. The number of rotatable bonds is 1. The molecule has 0 saturated carbocycles. The number of fused-ring (bicyclic) bond motifs is 1. The van der Waals surface area contributed by atoms with Crippen molar-refractivity contribution in [1.29, 1.82) is 0 Å². The highest BCUT2D eigenvalue weighted by molar-refractivity contribution is 5.19. The molecule has 2 heterocycles. The highest BCUT2D eigenvalue weighted by Gasteiger charge is 2.22. The van der Waals surface area contributed by atoms with Gasteiger partial charge in [0.15, 0.2) is 0 Å². The molecule has 1 aliphatic rings. The van der Waals surface area contributed by atoms with Crippen molar-refractivity contribution in [1.82, 2.24) is 14.5 Å². The first-order chi connectivity index (χ1) is 6.59. The molecule has 1 aliphatic heterocycles. The van der Waals surface area contributed by atoms with Gasteiger partial charge in [-0.25, -0.2) is 4.98 Å². The Morgan fingerprint density at radius 3 is 2.71 bits per heavy atom. The minimum atomic E-state index is 0.637. The Bertz CT molecular complexity index is 339. The Morgan fingerprint density at radius 1 is 1.36 bits per heavy atom. The molecule has 0 N–H and O–H groups in total. The third kappa shape index (κ3) is 1.46. The third-order valence-electron chi connectivity index (χ3n) is 3.24. The predicted octanol–water partition coefficient (Wildman–Crippen LogP) is 1.50. The second kappa shape index (κ2) is 3.39. The van der Waals surface area contributed by atoms with Crippen molar-refractivity contribution in [2.45, 2.75) is 39.8 Å². The van der Waals surface area contributed by atoms with Gasteiger partial charge in [0.1, 0.15) is 5.82 Å². The van der Waals surface area contributed by atoms with E-state index < -0.39 is 0 Å². The molecule has 1 aromatic heterocycles. The van der Waals surface area contributed by atoms with Crippen LogP contribution in [0.5, 0.6) is 0 Å². The summed E-state index contributed by atoms with van der Waals surface area (Å²) >= 11 is 0. The second-order valence-corrected chi connectivity index (χ2v) is 4.43. The number of aromatic nitrogens is 2. The van der Waals surface area contributed by atoms with Crippen LogP contribution in [0.25, 0.3) is 0 Å². The van der Waals surface area contributed by atoms with E-state index >= 15 is 0 Å².